The zero-order chi connectivity index (χ0) is 11.7. The zero-order valence-corrected chi connectivity index (χ0v) is 9.74. The molecule has 2 amide bonds. The van der Waals surface area contributed by atoms with Gasteiger partial charge in [0.1, 0.15) is 0 Å². The number of rotatable bonds is 2. The average molecular weight is 236 g/mol. The number of carbonyl (C=O) groups is 1. The number of urea groups is 1. The molecule has 0 atom stereocenters. The predicted molar refractivity (Wildman–Crippen MR) is 60.5 cm³/mol. The molecule has 0 unspecified atom stereocenters. The van der Waals surface area contributed by atoms with E-state index >= 15 is 0 Å². The molecule has 1 aliphatic rings. The fourth-order valence-corrected chi connectivity index (χ4v) is 1.62. The van der Waals surface area contributed by atoms with E-state index < -0.39 is 6.03 Å². The van der Waals surface area contributed by atoms with E-state index in [2.05, 4.69) is 11.0 Å². The monoisotopic (exact) mass is 235 g/mol. The third-order valence-corrected chi connectivity index (χ3v) is 2.62. The summed E-state index contributed by atoms with van der Waals surface area (Å²) in [4.78, 5) is 19.6. The topological polar surface area (TPSA) is 75.8 Å². The van der Waals surface area contributed by atoms with Crippen LogP contribution in [0.1, 0.15) is 39.0 Å². The Morgan fingerprint density at radius 2 is 2.00 bits per heavy atom. The molecule has 1 saturated carbocycles. The summed E-state index contributed by atoms with van der Waals surface area (Å²) in [5.74, 6) is 0. The Bertz CT molecular complexity index is 196. The molecular weight excluding hydrogens is 218 g/mol. The van der Waals surface area contributed by atoms with E-state index in [1.165, 1.54) is 32.1 Å². The van der Waals surface area contributed by atoms with Crippen LogP contribution in [0.3, 0.4) is 0 Å². The third-order valence-electron chi connectivity index (χ3n) is 2.19. The van der Waals surface area contributed by atoms with Crippen LogP contribution in [0.4, 0.5) is 4.79 Å². The summed E-state index contributed by atoms with van der Waals surface area (Å²) in [7, 11) is 0. The lowest BCUT2D eigenvalue weighted by Gasteiger charge is -2.13. The Balaban J connectivity index is 0.000000262. The largest absolute Gasteiger partial charge is 0.350 e. The van der Waals surface area contributed by atoms with Gasteiger partial charge in [-0.05, 0) is 19.8 Å². The maximum Gasteiger partial charge on any atom is 0.337 e. The van der Waals surface area contributed by atoms with Gasteiger partial charge in [0, 0.05) is 11.9 Å². The van der Waals surface area contributed by atoms with Gasteiger partial charge in [0.2, 0.25) is 0 Å². The summed E-state index contributed by atoms with van der Waals surface area (Å²) in [5, 5.41) is 3.45. The van der Waals surface area contributed by atoms with Crippen LogP contribution < -0.4 is 5.73 Å². The van der Waals surface area contributed by atoms with Crippen molar-refractivity contribution in [1.82, 2.24) is 5.01 Å². The van der Waals surface area contributed by atoms with E-state index in [1.54, 1.807) is 6.92 Å². The molecule has 0 aromatic rings. The van der Waals surface area contributed by atoms with Crippen LogP contribution in [0, 0.1) is 4.91 Å². The molecule has 1 fully saturated rings. The quantitative estimate of drug-likeness (QED) is 0.454. The minimum absolute atomic E-state index is 0.221. The zero-order valence-electron chi connectivity index (χ0n) is 8.99. The highest BCUT2D eigenvalue weighted by Gasteiger charge is 2.08. The lowest BCUT2D eigenvalue weighted by molar-refractivity contribution is 0.212. The van der Waals surface area contributed by atoms with Gasteiger partial charge in [-0.15, -0.1) is 16.5 Å². The van der Waals surface area contributed by atoms with Gasteiger partial charge in [-0.3, -0.25) is 0 Å². The molecule has 0 heterocycles. The maximum atomic E-state index is 10.0. The van der Waals surface area contributed by atoms with Gasteiger partial charge in [0.15, 0.2) is 0 Å². The van der Waals surface area contributed by atoms with Crippen molar-refractivity contribution in [2.45, 2.75) is 44.4 Å². The van der Waals surface area contributed by atoms with Gasteiger partial charge >= 0.3 is 6.03 Å². The lowest BCUT2D eigenvalue weighted by atomic mass is 10.0. The number of nitrogens with zero attached hydrogens (tertiary/aromatic N) is 2. The van der Waals surface area contributed by atoms with Gasteiger partial charge in [-0.25, -0.2) is 4.79 Å². The van der Waals surface area contributed by atoms with Gasteiger partial charge in [-0.1, -0.05) is 19.3 Å². The smallest absolute Gasteiger partial charge is 0.337 e. The maximum absolute atomic E-state index is 10.0. The average Bonchev–Trinajstić information content (AvgIpc) is 2.21. The number of hydrogen-bond acceptors (Lipinski definition) is 3. The number of halogens is 1. The van der Waals surface area contributed by atoms with Crippen molar-refractivity contribution in [3.63, 3.8) is 0 Å². The van der Waals surface area contributed by atoms with Crippen LogP contribution in [0.15, 0.2) is 5.29 Å². The fourth-order valence-electron chi connectivity index (χ4n) is 1.31. The Hall–Kier alpha value is -0.840. The number of primary amides is 1. The molecule has 0 aromatic carbocycles. The normalized spacial score (nSPS) is 16.1. The second kappa shape index (κ2) is 8.47. The lowest BCUT2D eigenvalue weighted by Crippen LogP contribution is -2.30. The summed E-state index contributed by atoms with van der Waals surface area (Å²) >= 11 is 5.82. The van der Waals surface area contributed by atoms with Gasteiger partial charge < -0.3 is 5.73 Å². The van der Waals surface area contributed by atoms with Crippen molar-refractivity contribution in [3.05, 3.63) is 4.91 Å². The van der Waals surface area contributed by atoms with Crippen LogP contribution in [-0.2, 0) is 0 Å². The van der Waals surface area contributed by atoms with Crippen molar-refractivity contribution < 1.29 is 4.79 Å². The first-order valence-corrected chi connectivity index (χ1v) is 5.59. The number of nitroso groups, excluding NO2 is 1. The number of carbonyl (C=O) groups excluding carboxylic acids is 1. The van der Waals surface area contributed by atoms with E-state index in [0.29, 0.717) is 10.4 Å². The summed E-state index contributed by atoms with van der Waals surface area (Å²) in [6, 6.07) is -0.817. The van der Waals surface area contributed by atoms with Crippen molar-refractivity contribution >= 4 is 17.6 Å². The molecule has 0 bridgehead atoms. The van der Waals surface area contributed by atoms with Gasteiger partial charge in [-0.2, -0.15) is 5.01 Å². The Morgan fingerprint density at radius 1 is 1.47 bits per heavy atom. The fraction of sp³-hybridized carbons (Fsp3) is 0.889. The highest BCUT2D eigenvalue weighted by molar-refractivity contribution is 6.20. The van der Waals surface area contributed by atoms with Crippen LogP contribution in [-0.4, -0.2) is 23.0 Å². The number of hydrogen-bond donors (Lipinski definition) is 1. The third kappa shape index (κ3) is 7.13. The van der Waals surface area contributed by atoms with Gasteiger partial charge in [0.05, 0.1) is 5.29 Å². The van der Waals surface area contributed by atoms with Gasteiger partial charge in [0.25, 0.3) is 0 Å². The molecule has 0 aromatic heterocycles. The molecule has 15 heavy (non-hydrogen) atoms. The van der Waals surface area contributed by atoms with Crippen LogP contribution in [0.25, 0.3) is 0 Å². The van der Waals surface area contributed by atoms with E-state index in [0.717, 1.165) is 0 Å². The molecule has 5 nitrogen and oxygen atoms in total. The van der Waals surface area contributed by atoms with E-state index in [-0.39, 0.29) is 6.54 Å². The Labute approximate surface area is 94.9 Å². The molecule has 0 radical (unpaired) electrons. The SMILES string of the molecule is CCN(N=O)C(N)=O.ClC1CCCCC1. The molecule has 1 rings (SSSR count). The molecular formula is C9H18ClN3O2. The van der Waals surface area contributed by atoms with Crippen LogP contribution >= 0.6 is 11.6 Å². The molecule has 0 saturated heterocycles. The minimum Gasteiger partial charge on any atom is -0.350 e. The van der Waals surface area contributed by atoms with E-state index in [9.17, 15) is 9.70 Å². The molecule has 0 spiro atoms. The van der Waals surface area contributed by atoms with Crippen molar-refractivity contribution in [3.8, 4) is 0 Å². The number of alkyl halides is 1. The van der Waals surface area contributed by atoms with E-state index in [4.69, 9.17) is 11.6 Å². The highest BCUT2D eigenvalue weighted by Crippen LogP contribution is 2.21. The molecule has 0 aliphatic heterocycles. The number of amides is 2. The van der Waals surface area contributed by atoms with Crippen molar-refractivity contribution in [1.29, 1.82) is 0 Å². The predicted octanol–water partition coefficient (Wildman–Crippen LogP) is 2.63. The van der Waals surface area contributed by atoms with Crippen molar-refractivity contribution in [2.75, 3.05) is 6.54 Å². The first-order chi connectivity index (χ1) is 7.11. The molecule has 1 aliphatic carbocycles. The first-order valence-electron chi connectivity index (χ1n) is 5.16. The Kier molecular flexibility index (Phi) is 7.99. The summed E-state index contributed by atoms with van der Waals surface area (Å²) in [5.41, 5.74) is 4.65. The standard InChI is InChI=1S/C6H11Cl.C3H7N3O2/c7-6-4-2-1-3-5-6;1-2-6(5-8)3(4)7/h6H,1-5H2;2H2,1H3,(H2,4,7). The second-order valence-electron chi connectivity index (χ2n) is 3.37. The molecule has 2 N–H and O–H groups in total. The summed E-state index contributed by atoms with van der Waals surface area (Å²) in [6.07, 6.45) is 6.62. The van der Waals surface area contributed by atoms with Crippen LogP contribution in [0.2, 0.25) is 0 Å². The molecule has 88 valence electrons. The summed E-state index contributed by atoms with van der Waals surface area (Å²) in [6.45, 7) is 1.82. The first kappa shape index (κ1) is 14.2. The number of nitrogens with two attached hydrogens (primary N) is 1. The molecule has 6 heteroatoms. The van der Waals surface area contributed by atoms with E-state index in [1.807, 2.05) is 0 Å². The minimum atomic E-state index is -0.817. The second-order valence-corrected chi connectivity index (χ2v) is 3.99. The van der Waals surface area contributed by atoms with Crippen molar-refractivity contribution in [2.24, 2.45) is 11.0 Å². The Morgan fingerprint density at radius 3 is 2.13 bits per heavy atom. The van der Waals surface area contributed by atoms with Crippen LogP contribution in [0.5, 0.6) is 0 Å². The summed E-state index contributed by atoms with van der Waals surface area (Å²) < 4.78 is 0. The highest BCUT2D eigenvalue weighted by atomic mass is 35.5.